The first-order valence-corrected chi connectivity index (χ1v) is 8.88. The molecule has 0 fully saturated rings. The van der Waals surface area contributed by atoms with Gasteiger partial charge >= 0.3 is 89.1 Å². The average Bonchev–Trinajstić information content (AvgIpc) is 2.17. The molecule has 0 N–H and O–H groups in total. The van der Waals surface area contributed by atoms with Crippen molar-refractivity contribution in [2.24, 2.45) is 0 Å². The molecule has 0 saturated heterocycles. The molecule has 0 aromatic heterocycles. The molecule has 0 heterocycles. The Morgan fingerprint density at radius 3 is 2.38 bits per heavy atom. The Morgan fingerprint density at radius 1 is 0.923 bits per heavy atom. The van der Waals surface area contributed by atoms with Crippen molar-refractivity contribution in [2.45, 2.75) is 0 Å². The van der Waals surface area contributed by atoms with Gasteiger partial charge in [-0.1, -0.05) is 0 Å². The summed E-state index contributed by atoms with van der Waals surface area (Å²) in [5, 5.41) is 2.79. The van der Waals surface area contributed by atoms with Gasteiger partial charge in [-0.2, -0.15) is 0 Å². The Labute approximate surface area is 105 Å². The summed E-state index contributed by atoms with van der Waals surface area (Å²) in [6.07, 6.45) is 0. The molecule has 3 heteroatoms. The summed E-state index contributed by atoms with van der Waals surface area (Å²) in [6, 6.07) is 15.1. The van der Waals surface area contributed by atoms with E-state index in [2.05, 4.69) is 62.0 Å². The van der Waals surface area contributed by atoms with Crippen molar-refractivity contribution in [1.29, 1.82) is 0 Å². The fourth-order valence-electron chi connectivity index (χ4n) is 1.32. The van der Waals surface area contributed by atoms with Crippen molar-refractivity contribution in [3.05, 3.63) is 42.5 Å². The molecule has 0 nitrogen and oxygen atoms in total. The summed E-state index contributed by atoms with van der Waals surface area (Å²) in [7, 11) is 0. The molecule has 2 aromatic carbocycles. The standard InChI is InChI=1S/C10H8Se.BrH.Mg/c11-10-7-3-5-8-4-1-2-6-9(8)10;;/h1-7,11H;1H;/q;;+2/p-2. The molecule has 0 saturated carbocycles. The van der Waals surface area contributed by atoms with Crippen molar-refractivity contribution >= 4 is 46.7 Å². The molecule has 0 unspecified atom stereocenters. The molecule has 0 atom stereocenters. The summed E-state index contributed by atoms with van der Waals surface area (Å²) in [4.78, 5) is 0. The van der Waals surface area contributed by atoms with E-state index in [4.69, 9.17) is 0 Å². The van der Waals surface area contributed by atoms with Crippen LogP contribution < -0.4 is 21.4 Å². The number of hydrogen-bond acceptors (Lipinski definition) is 0. The van der Waals surface area contributed by atoms with E-state index in [1.807, 2.05) is 0 Å². The SMILES string of the molecule is [Br-].[Mg+][Se]c1cccc2ccccc12. The van der Waals surface area contributed by atoms with Crippen LogP contribution >= 0.6 is 0 Å². The van der Waals surface area contributed by atoms with E-state index in [-0.39, 0.29) is 17.0 Å². The molecular weight excluding hydrogens is 303 g/mol. The Balaban J connectivity index is 0.000000845. The maximum absolute atomic E-state index is 2.23. The Hall–Kier alpha value is 0.466. The fraction of sp³-hybridized carbons (Fsp3) is 0. The second kappa shape index (κ2) is 5.37. The van der Waals surface area contributed by atoms with Gasteiger partial charge in [0.25, 0.3) is 0 Å². The molecule has 13 heavy (non-hydrogen) atoms. The van der Waals surface area contributed by atoms with Crippen molar-refractivity contribution in [1.82, 2.24) is 0 Å². The third kappa shape index (κ3) is 2.48. The second-order valence-corrected chi connectivity index (χ2v) is 5.65. The van der Waals surface area contributed by atoms with Gasteiger partial charge in [0, 0.05) is 0 Å². The zero-order valence-electron chi connectivity index (χ0n) is 7.03. The summed E-state index contributed by atoms with van der Waals surface area (Å²) in [5.41, 5.74) is 0. The minimum atomic E-state index is 0. The van der Waals surface area contributed by atoms with Crippen LogP contribution in [0.15, 0.2) is 42.5 Å². The van der Waals surface area contributed by atoms with Gasteiger partial charge < -0.3 is 17.0 Å². The summed E-state index contributed by atoms with van der Waals surface area (Å²) >= 11 is 2.69. The number of rotatable bonds is 1. The van der Waals surface area contributed by atoms with Crippen LogP contribution in [0.4, 0.5) is 0 Å². The molecule has 0 aliphatic rings. The number of hydrogen-bond donors (Lipinski definition) is 0. The van der Waals surface area contributed by atoms with Crippen molar-refractivity contribution in [3.8, 4) is 0 Å². The fourth-order valence-corrected chi connectivity index (χ4v) is 3.71. The van der Waals surface area contributed by atoms with Gasteiger partial charge in [0.1, 0.15) is 0 Å². The molecule has 0 radical (unpaired) electrons. The van der Waals surface area contributed by atoms with E-state index in [0.29, 0.717) is 11.9 Å². The minimum absolute atomic E-state index is 0. The van der Waals surface area contributed by atoms with Gasteiger partial charge in [-0.15, -0.1) is 0 Å². The van der Waals surface area contributed by atoms with E-state index in [1.54, 1.807) is 0 Å². The number of fused-ring (bicyclic) bond motifs is 1. The molecule has 2 aromatic rings. The molecule has 0 spiro atoms. The molecule has 0 bridgehead atoms. The quantitative estimate of drug-likeness (QED) is 0.549. The van der Waals surface area contributed by atoms with Crippen LogP contribution in [-0.2, 0) is 0 Å². The third-order valence-electron chi connectivity index (χ3n) is 1.91. The zero-order chi connectivity index (χ0) is 8.39. The van der Waals surface area contributed by atoms with Gasteiger partial charge in [-0.05, 0) is 0 Å². The third-order valence-corrected chi connectivity index (χ3v) is 4.92. The van der Waals surface area contributed by atoms with Gasteiger partial charge in [-0.25, -0.2) is 0 Å². The summed E-state index contributed by atoms with van der Waals surface area (Å²) in [5.74, 6) is 0. The van der Waals surface area contributed by atoms with E-state index in [0.717, 1.165) is 0 Å². The molecule has 2 rings (SSSR count). The van der Waals surface area contributed by atoms with Crippen LogP contribution in [0.25, 0.3) is 10.8 Å². The summed E-state index contributed by atoms with van der Waals surface area (Å²) in [6.45, 7) is 0. The predicted octanol–water partition coefficient (Wildman–Crippen LogP) is -1.74. The van der Waals surface area contributed by atoms with E-state index < -0.39 is 0 Å². The van der Waals surface area contributed by atoms with Crippen LogP contribution in [0.1, 0.15) is 0 Å². The van der Waals surface area contributed by atoms with E-state index >= 15 is 0 Å². The molecule has 0 aliphatic heterocycles. The number of halogens is 1. The first-order valence-electron chi connectivity index (χ1n) is 3.81. The average molecular weight is 310 g/mol. The normalized spacial score (nSPS) is 9.69. The van der Waals surface area contributed by atoms with Crippen LogP contribution in [0.3, 0.4) is 0 Å². The number of benzene rings is 2. The molecule has 62 valence electrons. The van der Waals surface area contributed by atoms with Crippen LogP contribution in [0, 0.1) is 0 Å². The van der Waals surface area contributed by atoms with Gasteiger partial charge in [0.2, 0.25) is 0 Å². The van der Waals surface area contributed by atoms with E-state index in [9.17, 15) is 0 Å². The van der Waals surface area contributed by atoms with Crippen molar-refractivity contribution < 1.29 is 17.0 Å². The van der Waals surface area contributed by atoms with Gasteiger partial charge in [0.15, 0.2) is 0 Å². The molecule has 0 amide bonds. The topological polar surface area (TPSA) is 0 Å². The Bertz CT molecular complexity index is 398. The summed E-state index contributed by atoms with van der Waals surface area (Å²) < 4.78 is 1.51. The van der Waals surface area contributed by atoms with Crippen LogP contribution in [0.5, 0.6) is 0 Å². The monoisotopic (exact) mass is 310 g/mol. The first kappa shape index (κ1) is 11.5. The Morgan fingerprint density at radius 2 is 1.62 bits per heavy atom. The van der Waals surface area contributed by atoms with Gasteiger partial charge in [-0.3, -0.25) is 0 Å². The molecule has 0 aliphatic carbocycles. The van der Waals surface area contributed by atoms with Gasteiger partial charge in [0.05, 0.1) is 0 Å². The second-order valence-electron chi connectivity index (χ2n) is 2.62. The predicted molar refractivity (Wildman–Crippen MR) is 55.1 cm³/mol. The maximum atomic E-state index is 2.23. The van der Waals surface area contributed by atoms with Crippen molar-refractivity contribution in [2.75, 3.05) is 0 Å². The van der Waals surface area contributed by atoms with Crippen LogP contribution in [0.2, 0.25) is 0 Å². The Kier molecular flexibility index (Phi) is 4.77. The van der Waals surface area contributed by atoms with Crippen molar-refractivity contribution in [3.63, 3.8) is 0 Å². The molecular formula is C10H7BrMgSe. The van der Waals surface area contributed by atoms with E-state index in [1.165, 1.54) is 15.2 Å². The first-order chi connectivity index (χ1) is 5.92. The zero-order valence-corrected chi connectivity index (χ0v) is 11.7. The van der Waals surface area contributed by atoms with Crippen LogP contribution in [-0.4, -0.2) is 31.4 Å².